The van der Waals surface area contributed by atoms with Gasteiger partial charge in [-0.3, -0.25) is 4.79 Å². The number of hydrogen-bond donors (Lipinski definition) is 0. The number of carbonyl (C=O) groups excluding carboxylic acids is 1. The maximum Gasteiger partial charge on any atom is 0.185 e. The van der Waals surface area contributed by atoms with Crippen LogP contribution < -0.4 is 4.74 Å². The number of rotatable bonds is 3. The minimum absolute atomic E-state index is 0.0842. The predicted molar refractivity (Wildman–Crippen MR) is 84.8 cm³/mol. The van der Waals surface area contributed by atoms with E-state index in [-0.39, 0.29) is 5.56 Å². The Hall–Kier alpha value is -2.46. The lowest BCUT2D eigenvalue weighted by atomic mass is 10.1. The third kappa shape index (κ3) is 3.48. The highest BCUT2D eigenvalue weighted by Crippen LogP contribution is 2.29. The van der Waals surface area contributed by atoms with Gasteiger partial charge in [0.05, 0.1) is 0 Å². The Morgan fingerprint density at radius 3 is 2.74 bits per heavy atom. The zero-order valence-electron chi connectivity index (χ0n) is 11.9. The van der Waals surface area contributed by atoms with Gasteiger partial charge in [-0.25, -0.2) is 8.78 Å². The van der Waals surface area contributed by atoms with Crippen LogP contribution in [0.25, 0.3) is 6.08 Å². The van der Waals surface area contributed by atoms with Gasteiger partial charge in [0.15, 0.2) is 17.4 Å². The number of halogens is 3. The molecular weight excluding hydrogens is 322 g/mol. The Morgan fingerprint density at radius 1 is 1.13 bits per heavy atom. The second kappa shape index (κ2) is 6.34. The molecule has 2 aromatic carbocycles. The smallest absolute Gasteiger partial charge is 0.185 e. The van der Waals surface area contributed by atoms with Crippen molar-refractivity contribution in [3.05, 3.63) is 81.9 Å². The molecular formula is C18H11ClF2O2. The molecule has 0 amide bonds. The van der Waals surface area contributed by atoms with Gasteiger partial charge in [-0.1, -0.05) is 17.7 Å². The number of allylic oxidation sites excluding steroid dienone is 1. The van der Waals surface area contributed by atoms with E-state index in [2.05, 4.69) is 0 Å². The van der Waals surface area contributed by atoms with Crippen LogP contribution in [0.3, 0.4) is 0 Å². The topological polar surface area (TPSA) is 26.3 Å². The van der Waals surface area contributed by atoms with Crippen LogP contribution in [0.2, 0.25) is 5.02 Å². The van der Waals surface area contributed by atoms with E-state index in [0.29, 0.717) is 11.6 Å². The first-order chi connectivity index (χ1) is 11.0. The molecule has 0 atom stereocenters. The lowest BCUT2D eigenvalue weighted by Gasteiger charge is -2.16. The van der Waals surface area contributed by atoms with E-state index in [1.165, 1.54) is 12.1 Å². The predicted octanol–water partition coefficient (Wildman–Crippen LogP) is 4.83. The van der Waals surface area contributed by atoms with Gasteiger partial charge in [0.1, 0.15) is 12.4 Å². The van der Waals surface area contributed by atoms with Gasteiger partial charge in [0.2, 0.25) is 0 Å². The van der Waals surface area contributed by atoms with Gasteiger partial charge in [0, 0.05) is 16.1 Å². The van der Waals surface area contributed by atoms with Crippen LogP contribution in [0.1, 0.15) is 15.9 Å². The summed E-state index contributed by atoms with van der Waals surface area (Å²) in [5.74, 6) is -1.73. The largest absolute Gasteiger partial charge is 0.488 e. The van der Waals surface area contributed by atoms with Gasteiger partial charge >= 0.3 is 0 Å². The summed E-state index contributed by atoms with van der Waals surface area (Å²) in [5.41, 5.74) is 1.68. The fourth-order valence-electron chi connectivity index (χ4n) is 2.19. The van der Waals surface area contributed by atoms with Crippen LogP contribution in [0.5, 0.6) is 5.75 Å². The minimum Gasteiger partial charge on any atom is -0.488 e. The highest BCUT2D eigenvalue weighted by atomic mass is 35.5. The summed E-state index contributed by atoms with van der Waals surface area (Å²) in [4.78, 5) is 12.0. The molecule has 0 aliphatic carbocycles. The first kappa shape index (κ1) is 15.4. The molecule has 1 aliphatic rings. The van der Waals surface area contributed by atoms with E-state index >= 15 is 0 Å². The molecule has 5 heteroatoms. The zero-order chi connectivity index (χ0) is 16.4. The fourth-order valence-corrected chi connectivity index (χ4v) is 2.37. The van der Waals surface area contributed by atoms with E-state index < -0.39 is 17.4 Å². The Bertz CT molecular complexity index is 841. The van der Waals surface area contributed by atoms with E-state index in [1.807, 2.05) is 6.08 Å². The van der Waals surface area contributed by atoms with Gasteiger partial charge in [-0.15, -0.1) is 0 Å². The lowest BCUT2D eigenvalue weighted by Crippen LogP contribution is -2.06. The SMILES string of the molecule is O=C(/C=C/C1=Cc2cc(Cl)ccc2OC1)c1ccc(F)c(F)c1. The summed E-state index contributed by atoms with van der Waals surface area (Å²) in [5, 5.41) is 0.590. The van der Waals surface area contributed by atoms with Crippen molar-refractivity contribution in [2.45, 2.75) is 0 Å². The van der Waals surface area contributed by atoms with E-state index in [9.17, 15) is 13.6 Å². The van der Waals surface area contributed by atoms with Crippen molar-refractivity contribution in [2.24, 2.45) is 0 Å². The maximum atomic E-state index is 13.1. The van der Waals surface area contributed by atoms with Crippen LogP contribution >= 0.6 is 11.6 Å². The van der Waals surface area contributed by atoms with Crippen LogP contribution in [0.15, 0.2) is 54.1 Å². The molecule has 2 aromatic rings. The average molecular weight is 333 g/mol. The third-order valence-electron chi connectivity index (χ3n) is 3.36. The summed E-state index contributed by atoms with van der Waals surface area (Å²) < 4.78 is 31.6. The summed E-state index contributed by atoms with van der Waals surface area (Å²) in [6.45, 7) is 0.316. The van der Waals surface area contributed by atoms with Crippen LogP contribution in [-0.2, 0) is 0 Å². The van der Waals surface area contributed by atoms with E-state index in [1.54, 1.807) is 24.3 Å². The Kier molecular flexibility index (Phi) is 4.26. The van der Waals surface area contributed by atoms with Crippen molar-refractivity contribution in [2.75, 3.05) is 6.61 Å². The molecule has 23 heavy (non-hydrogen) atoms. The minimum atomic E-state index is -1.05. The number of benzene rings is 2. The Labute approximate surface area is 136 Å². The molecule has 0 radical (unpaired) electrons. The Morgan fingerprint density at radius 2 is 1.96 bits per heavy atom. The number of hydrogen-bond acceptors (Lipinski definition) is 2. The van der Waals surface area contributed by atoms with Gasteiger partial charge in [0.25, 0.3) is 0 Å². The molecule has 0 unspecified atom stereocenters. The van der Waals surface area contributed by atoms with Crippen molar-refractivity contribution in [3.8, 4) is 5.75 Å². The molecule has 0 saturated carbocycles. The maximum absolute atomic E-state index is 13.1. The molecule has 1 heterocycles. The highest BCUT2D eigenvalue weighted by Gasteiger charge is 2.11. The molecule has 116 valence electrons. The molecule has 0 saturated heterocycles. The summed E-state index contributed by atoms with van der Waals surface area (Å²) in [6.07, 6.45) is 4.75. The number of ether oxygens (including phenoxy) is 1. The monoisotopic (exact) mass is 332 g/mol. The van der Waals surface area contributed by atoms with E-state index in [4.69, 9.17) is 16.3 Å². The first-order valence-electron chi connectivity index (χ1n) is 6.83. The number of fused-ring (bicyclic) bond motifs is 1. The molecule has 0 fully saturated rings. The van der Waals surface area contributed by atoms with Gasteiger partial charge < -0.3 is 4.74 Å². The normalized spacial score (nSPS) is 13.4. The van der Waals surface area contributed by atoms with Crippen molar-refractivity contribution in [3.63, 3.8) is 0 Å². The number of carbonyl (C=O) groups is 1. The molecule has 1 aliphatic heterocycles. The average Bonchev–Trinajstić information content (AvgIpc) is 2.54. The second-order valence-electron chi connectivity index (χ2n) is 5.02. The molecule has 2 nitrogen and oxygen atoms in total. The molecule has 0 aromatic heterocycles. The van der Waals surface area contributed by atoms with Gasteiger partial charge in [-0.2, -0.15) is 0 Å². The first-order valence-corrected chi connectivity index (χ1v) is 7.21. The van der Waals surface area contributed by atoms with Crippen LogP contribution in [-0.4, -0.2) is 12.4 Å². The van der Waals surface area contributed by atoms with Crippen molar-refractivity contribution < 1.29 is 18.3 Å². The van der Waals surface area contributed by atoms with Crippen molar-refractivity contribution >= 4 is 23.5 Å². The van der Waals surface area contributed by atoms with Crippen LogP contribution in [0.4, 0.5) is 8.78 Å². The summed E-state index contributed by atoms with van der Waals surface area (Å²) in [7, 11) is 0. The lowest BCUT2D eigenvalue weighted by molar-refractivity contribution is 0.104. The number of ketones is 1. The molecule has 0 spiro atoms. The molecule has 3 rings (SSSR count). The summed E-state index contributed by atoms with van der Waals surface area (Å²) in [6, 6.07) is 8.33. The van der Waals surface area contributed by atoms with Crippen LogP contribution in [0, 0.1) is 11.6 Å². The molecule has 0 N–H and O–H groups in total. The standard InChI is InChI=1S/C18H11ClF2O2/c19-14-3-6-18-13(8-14)7-11(10-23-18)1-5-17(22)12-2-4-15(20)16(21)9-12/h1-9H,10H2/b5-1+. The Balaban J connectivity index is 1.80. The second-order valence-corrected chi connectivity index (χ2v) is 5.45. The molecule has 0 bridgehead atoms. The van der Waals surface area contributed by atoms with Crippen molar-refractivity contribution in [1.82, 2.24) is 0 Å². The summed E-state index contributed by atoms with van der Waals surface area (Å²) >= 11 is 5.94. The van der Waals surface area contributed by atoms with Crippen molar-refractivity contribution in [1.29, 1.82) is 0 Å². The quantitative estimate of drug-likeness (QED) is 0.594. The fraction of sp³-hybridized carbons (Fsp3) is 0.0556. The zero-order valence-corrected chi connectivity index (χ0v) is 12.6. The van der Waals surface area contributed by atoms with E-state index in [0.717, 1.165) is 29.0 Å². The van der Waals surface area contributed by atoms with Gasteiger partial charge in [-0.05, 0) is 54.1 Å². The highest BCUT2D eigenvalue weighted by molar-refractivity contribution is 6.30. The third-order valence-corrected chi connectivity index (χ3v) is 3.60.